The van der Waals surface area contributed by atoms with Crippen LogP contribution in [0.3, 0.4) is 0 Å². The Balaban J connectivity index is 1.38. The minimum atomic E-state index is -0.0185. The summed E-state index contributed by atoms with van der Waals surface area (Å²) in [7, 11) is 0. The Kier molecular flexibility index (Phi) is 7.00. The van der Waals surface area contributed by atoms with Crippen LogP contribution in [0.4, 0.5) is 5.69 Å². The predicted molar refractivity (Wildman–Crippen MR) is 209 cm³/mol. The zero-order valence-corrected chi connectivity index (χ0v) is 29.3. The molecule has 2 aromatic heterocycles. The molecule has 8 aromatic rings. The largest absolute Gasteiger partial charge is 0.309 e. The van der Waals surface area contributed by atoms with Gasteiger partial charge in [0.05, 0.1) is 40.3 Å². The lowest BCUT2D eigenvalue weighted by molar-refractivity contribution is 0.591. The third-order valence-electron chi connectivity index (χ3n) is 10.1. The first kappa shape index (κ1) is 31.2. The Labute approximate surface area is 293 Å². The smallest absolute Gasteiger partial charge is 0.204 e. The van der Waals surface area contributed by atoms with Crippen LogP contribution >= 0.6 is 0 Å². The number of fused-ring (bicyclic) bond motifs is 6. The summed E-state index contributed by atoms with van der Waals surface area (Å²) < 4.78 is 4.60. The Morgan fingerprint density at radius 3 is 1.44 bits per heavy atom. The van der Waals surface area contributed by atoms with E-state index in [9.17, 15) is 5.26 Å². The van der Waals surface area contributed by atoms with Crippen LogP contribution in [0.15, 0.2) is 121 Å². The van der Waals surface area contributed by atoms with Gasteiger partial charge in [0, 0.05) is 32.9 Å². The van der Waals surface area contributed by atoms with Crippen molar-refractivity contribution in [1.29, 1.82) is 5.26 Å². The van der Waals surface area contributed by atoms with Crippen LogP contribution in [0, 0.1) is 17.9 Å². The van der Waals surface area contributed by atoms with Crippen molar-refractivity contribution in [2.24, 2.45) is 0 Å². The van der Waals surface area contributed by atoms with Gasteiger partial charge < -0.3 is 9.13 Å². The molecule has 0 fully saturated rings. The summed E-state index contributed by atoms with van der Waals surface area (Å²) in [6.45, 7) is 21.1. The minimum Gasteiger partial charge on any atom is -0.309 e. The van der Waals surface area contributed by atoms with Crippen molar-refractivity contribution in [3.05, 3.63) is 149 Å². The lowest BCUT2D eigenvalue weighted by Crippen LogP contribution is -2.10. The van der Waals surface area contributed by atoms with E-state index in [1.807, 2.05) is 12.1 Å². The van der Waals surface area contributed by atoms with Crippen molar-refractivity contribution in [2.75, 3.05) is 0 Å². The molecule has 0 spiro atoms. The molecule has 0 unspecified atom stereocenters. The molecule has 4 heteroatoms. The molecule has 242 valence electrons. The van der Waals surface area contributed by atoms with E-state index in [0.29, 0.717) is 11.3 Å². The number of hydrogen-bond donors (Lipinski definition) is 0. The summed E-state index contributed by atoms with van der Waals surface area (Å²) in [5.41, 5.74) is 12.2. The minimum absolute atomic E-state index is 0.0185. The fourth-order valence-corrected chi connectivity index (χ4v) is 7.32. The van der Waals surface area contributed by atoms with Gasteiger partial charge in [-0.05, 0) is 106 Å². The van der Waals surface area contributed by atoms with Crippen molar-refractivity contribution in [2.45, 2.75) is 52.4 Å². The quantitative estimate of drug-likeness (QED) is 0.176. The number of rotatable bonds is 3. The van der Waals surface area contributed by atoms with Gasteiger partial charge in [-0.2, -0.15) is 5.26 Å². The van der Waals surface area contributed by atoms with Crippen LogP contribution < -0.4 is 0 Å². The van der Waals surface area contributed by atoms with Gasteiger partial charge in [0.1, 0.15) is 0 Å². The highest BCUT2D eigenvalue weighted by atomic mass is 15.0. The highest BCUT2D eigenvalue weighted by Gasteiger charge is 2.21. The highest BCUT2D eigenvalue weighted by molar-refractivity contribution is 6.13. The first-order valence-corrected chi connectivity index (χ1v) is 17.1. The SMILES string of the molecule is [C-]#[N+]c1ccc(-n2c3ccc(-c4ccc5c(c4)c4cc(C(C)(C)C)ccc4n5-c4ccccc4)cc3c3cc(C(C)(C)C)ccc32)cc1C#N. The number of benzene rings is 6. The second-order valence-corrected chi connectivity index (χ2v) is 15.4. The second-order valence-electron chi connectivity index (χ2n) is 15.4. The molecule has 50 heavy (non-hydrogen) atoms. The van der Waals surface area contributed by atoms with Gasteiger partial charge in [0.2, 0.25) is 5.69 Å². The fraction of sp³-hybridized carbons (Fsp3) is 0.174. The molecule has 0 aliphatic heterocycles. The highest BCUT2D eigenvalue weighted by Crippen LogP contribution is 2.40. The van der Waals surface area contributed by atoms with Crippen molar-refractivity contribution in [3.63, 3.8) is 0 Å². The van der Waals surface area contributed by atoms with E-state index in [-0.39, 0.29) is 10.8 Å². The van der Waals surface area contributed by atoms with Crippen molar-refractivity contribution >= 4 is 49.3 Å². The molecular formula is C46H38N4. The lowest BCUT2D eigenvalue weighted by atomic mass is 9.86. The lowest BCUT2D eigenvalue weighted by Gasteiger charge is -2.19. The Hall–Kier alpha value is -6.10. The van der Waals surface area contributed by atoms with Crippen LogP contribution in [0.5, 0.6) is 0 Å². The third kappa shape index (κ3) is 4.96. The normalized spacial score (nSPS) is 12.2. The van der Waals surface area contributed by atoms with Crippen LogP contribution in [0.1, 0.15) is 58.2 Å². The van der Waals surface area contributed by atoms with Crippen molar-refractivity contribution in [1.82, 2.24) is 9.13 Å². The average molecular weight is 647 g/mol. The predicted octanol–water partition coefficient (Wildman–Crippen LogP) is 12.6. The summed E-state index contributed by atoms with van der Waals surface area (Å²) in [4.78, 5) is 3.56. The summed E-state index contributed by atoms with van der Waals surface area (Å²) in [5, 5.41) is 14.6. The average Bonchev–Trinajstić information content (AvgIpc) is 3.62. The van der Waals surface area contributed by atoms with E-state index in [1.165, 1.54) is 38.3 Å². The van der Waals surface area contributed by atoms with Gasteiger partial charge in [-0.1, -0.05) is 90.1 Å². The van der Waals surface area contributed by atoms with E-state index < -0.39 is 0 Å². The standard InChI is InChI=1S/C46H38N4/c1-45(2,3)32-15-21-43-38(26-32)36-24-29(13-19-41(36)49(43)34-11-9-8-10-12-34)30-14-20-42-37(25-30)39-27-33(46(4,5)6)16-22-44(39)50(42)35-17-18-40(48-7)31(23-35)28-47/h8-27H,1-6H3. The third-order valence-corrected chi connectivity index (χ3v) is 10.1. The molecule has 0 aliphatic carbocycles. The Bertz CT molecular complexity index is 2730. The summed E-state index contributed by atoms with van der Waals surface area (Å²) in [6.07, 6.45) is 0. The topological polar surface area (TPSA) is 38.0 Å². The van der Waals surface area contributed by atoms with E-state index in [4.69, 9.17) is 6.57 Å². The zero-order chi connectivity index (χ0) is 34.9. The molecule has 2 heterocycles. The number of para-hydroxylation sites is 1. The van der Waals surface area contributed by atoms with Gasteiger partial charge in [0.25, 0.3) is 0 Å². The molecule has 8 rings (SSSR count). The van der Waals surface area contributed by atoms with Gasteiger partial charge >= 0.3 is 0 Å². The van der Waals surface area contributed by atoms with Crippen molar-refractivity contribution < 1.29 is 0 Å². The number of nitrogens with zero attached hydrogens (tertiary/aromatic N) is 4. The second kappa shape index (κ2) is 11.2. The number of aromatic nitrogens is 2. The summed E-state index contributed by atoms with van der Waals surface area (Å²) >= 11 is 0. The van der Waals surface area contributed by atoms with Gasteiger partial charge in [-0.15, -0.1) is 0 Å². The maximum atomic E-state index is 9.84. The van der Waals surface area contributed by atoms with E-state index in [0.717, 1.165) is 38.9 Å². The molecular weight excluding hydrogens is 609 g/mol. The molecule has 0 saturated heterocycles. The van der Waals surface area contributed by atoms with Crippen LogP contribution in [0.2, 0.25) is 0 Å². The maximum Gasteiger partial charge on any atom is 0.204 e. The van der Waals surface area contributed by atoms with Crippen LogP contribution in [-0.2, 0) is 10.8 Å². The van der Waals surface area contributed by atoms with Gasteiger partial charge in [0.15, 0.2) is 0 Å². The summed E-state index contributed by atoms with van der Waals surface area (Å²) in [5.74, 6) is 0. The van der Waals surface area contributed by atoms with Gasteiger partial charge in [-0.25, -0.2) is 4.85 Å². The Morgan fingerprint density at radius 2 is 0.980 bits per heavy atom. The zero-order valence-electron chi connectivity index (χ0n) is 29.3. The molecule has 0 bridgehead atoms. The molecule has 0 saturated carbocycles. The monoisotopic (exact) mass is 646 g/mol. The van der Waals surface area contributed by atoms with Gasteiger partial charge in [-0.3, -0.25) is 0 Å². The Morgan fingerprint density at radius 1 is 0.520 bits per heavy atom. The number of hydrogen-bond acceptors (Lipinski definition) is 1. The molecule has 6 aromatic carbocycles. The molecule has 4 nitrogen and oxygen atoms in total. The molecule has 0 radical (unpaired) electrons. The van der Waals surface area contributed by atoms with Crippen molar-refractivity contribution in [3.8, 4) is 28.6 Å². The van der Waals surface area contributed by atoms with E-state index in [2.05, 4.69) is 165 Å². The first-order valence-electron chi connectivity index (χ1n) is 17.1. The molecule has 0 aliphatic rings. The molecule has 0 N–H and O–H groups in total. The molecule has 0 atom stereocenters. The fourth-order valence-electron chi connectivity index (χ4n) is 7.32. The first-order chi connectivity index (χ1) is 24.0. The van der Waals surface area contributed by atoms with Crippen LogP contribution in [0.25, 0.3) is 71.0 Å². The van der Waals surface area contributed by atoms with Crippen LogP contribution in [-0.4, -0.2) is 9.13 Å². The van der Waals surface area contributed by atoms with E-state index >= 15 is 0 Å². The maximum absolute atomic E-state index is 9.84. The molecule has 0 amide bonds. The number of nitriles is 1. The van der Waals surface area contributed by atoms with E-state index in [1.54, 1.807) is 6.07 Å². The summed E-state index contributed by atoms with van der Waals surface area (Å²) in [6, 6.07) is 45.6.